The minimum absolute atomic E-state index is 0.0442. The quantitative estimate of drug-likeness (QED) is 0.569. The van der Waals surface area contributed by atoms with Crippen molar-refractivity contribution in [2.75, 3.05) is 33.3 Å². The largest absolute Gasteiger partial charge is 0.497 e. The molecule has 0 bridgehead atoms. The SMILES string of the molecule is CCN(CC)C(CNC(=O)CCNC(=O)c1ccc(Cl)cc1)c1cccc(OC)c1. The van der Waals surface area contributed by atoms with Crippen LogP contribution in [-0.4, -0.2) is 50.0 Å². The fourth-order valence-electron chi connectivity index (χ4n) is 3.26. The summed E-state index contributed by atoms with van der Waals surface area (Å²) in [5.74, 6) is 0.462. The molecule has 7 heteroatoms. The number of carbonyl (C=O) groups is 2. The smallest absolute Gasteiger partial charge is 0.251 e. The molecule has 6 nitrogen and oxygen atoms in total. The van der Waals surface area contributed by atoms with Gasteiger partial charge in [0.25, 0.3) is 5.91 Å². The predicted molar refractivity (Wildman–Crippen MR) is 120 cm³/mol. The molecular weight excluding hydrogens is 402 g/mol. The second-order valence-corrected chi connectivity index (χ2v) is 7.27. The second kappa shape index (κ2) is 12.2. The van der Waals surface area contributed by atoms with Crippen molar-refractivity contribution >= 4 is 23.4 Å². The van der Waals surface area contributed by atoms with Crippen molar-refractivity contribution in [1.29, 1.82) is 0 Å². The van der Waals surface area contributed by atoms with Crippen molar-refractivity contribution in [3.8, 4) is 5.75 Å². The van der Waals surface area contributed by atoms with Gasteiger partial charge in [-0.1, -0.05) is 37.6 Å². The highest BCUT2D eigenvalue weighted by atomic mass is 35.5. The van der Waals surface area contributed by atoms with Crippen LogP contribution in [0.25, 0.3) is 0 Å². The summed E-state index contributed by atoms with van der Waals surface area (Å²) in [5, 5.41) is 6.33. The zero-order chi connectivity index (χ0) is 21.9. The van der Waals surface area contributed by atoms with Gasteiger partial charge in [-0.3, -0.25) is 14.5 Å². The molecule has 0 aliphatic rings. The van der Waals surface area contributed by atoms with Crippen molar-refractivity contribution < 1.29 is 14.3 Å². The van der Waals surface area contributed by atoms with Gasteiger partial charge in [0.2, 0.25) is 5.91 Å². The number of hydrogen-bond acceptors (Lipinski definition) is 4. The Labute approximate surface area is 183 Å². The lowest BCUT2D eigenvalue weighted by Gasteiger charge is -2.30. The maximum Gasteiger partial charge on any atom is 0.251 e. The highest BCUT2D eigenvalue weighted by Crippen LogP contribution is 2.23. The number of nitrogens with one attached hydrogen (secondary N) is 2. The van der Waals surface area contributed by atoms with E-state index in [1.165, 1.54) is 0 Å². The molecule has 0 aliphatic carbocycles. The maximum atomic E-state index is 12.3. The summed E-state index contributed by atoms with van der Waals surface area (Å²) in [6, 6.07) is 14.6. The molecule has 2 aromatic carbocycles. The molecule has 0 saturated carbocycles. The average Bonchev–Trinajstić information content (AvgIpc) is 2.77. The Morgan fingerprint density at radius 1 is 1.07 bits per heavy atom. The third kappa shape index (κ3) is 7.04. The Balaban J connectivity index is 1.88. The van der Waals surface area contributed by atoms with Crippen LogP contribution in [0.4, 0.5) is 0 Å². The number of halogens is 1. The van der Waals surface area contributed by atoms with Crippen LogP contribution in [0.1, 0.15) is 42.2 Å². The van der Waals surface area contributed by atoms with Gasteiger partial charge in [0.1, 0.15) is 5.75 Å². The summed E-state index contributed by atoms with van der Waals surface area (Å²) in [4.78, 5) is 26.7. The van der Waals surface area contributed by atoms with Crippen molar-refractivity contribution in [3.63, 3.8) is 0 Å². The van der Waals surface area contributed by atoms with E-state index in [0.717, 1.165) is 24.4 Å². The molecule has 0 fully saturated rings. The van der Waals surface area contributed by atoms with Gasteiger partial charge in [-0.05, 0) is 55.1 Å². The average molecular weight is 432 g/mol. The Morgan fingerprint density at radius 3 is 2.40 bits per heavy atom. The Morgan fingerprint density at radius 2 is 1.77 bits per heavy atom. The molecule has 0 heterocycles. The molecule has 1 unspecified atom stereocenters. The lowest BCUT2D eigenvalue weighted by Crippen LogP contribution is -2.39. The molecule has 0 radical (unpaired) electrons. The van der Waals surface area contributed by atoms with Crippen molar-refractivity contribution in [2.45, 2.75) is 26.3 Å². The van der Waals surface area contributed by atoms with Gasteiger partial charge in [-0.25, -0.2) is 0 Å². The minimum atomic E-state index is -0.225. The van der Waals surface area contributed by atoms with Crippen LogP contribution in [0.3, 0.4) is 0 Å². The summed E-state index contributed by atoms with van der Waals surface area (Å²) in [7, 11) is 1.64. The maximum absolute atomic E-state index is 12.3. The van der Waals surface area contributed by atoms with Crippen LogP contribution in [-0.2, 0) is 4.79 Å². The number of benzene rings is 2. The molecule has 0 saturated heterocycles. The van der Waals surface area contributed by atoms with Gasteiger partial charge in [0, 0.05) is 30.1 Å². The molecule has 0 aromatic heterocycles. The number of likely N-dealkylation sites (N-methyl/N-ethyl adjacent to an activating group) is 1. The fourth-order valence-corrected chi connectivity index (χ4v) is 3.39. The third-order valence-corrected chi connectivity index (χ3v) is 5.22. The van der Waals surface area contributed by atoms with E-state index in [1.807, 2.05) is 24.3 Å². The zero-order valence-corrected chi connectivity index (χ0v) is 18.5. The molecule has 2 amide bonds. The Hall–Kier alpha value is -2.57. The molecular formula is C23H30ClN3O3. The van der Waals surface area contributed by atoms with E-state index < -0.39 is 0 Å². The van der Waals surface area contributed by atoms with E-state index in [1.54, 1.807) is 31.4 Å². The first kappa shape index (κ1) is 23.7. The van der Waals surface area contributed by atoms with Crippen LogP contribution in [0, 0.1) is 0 Å². The van der Waals surface area contributed by atoms with E-state index in [0.29, 0.717) is 17.1 Å². The minimum Gasteiger partial charge on any atom is -0.497 e. The van der Waals surface area contributed by atoms with Crippen molar-refractivity contribution in [2.24, 2.45) is 0 Å². The second-order valence-electron chi connectivity index (χ2n) is 6.83. The van der Waals surface area contributed by atoms with E-state index in [9.17, 15) is 9.59 Å². The number of methoxy groups -OCH3 is 1. The van der Waals surface area contributed by atoms with Crippen molar-refractivity contribution in [1.82, 2.24) is 15.5 Å². The van der Waals surface area contributed by atoms with Crippen LogP contribution in [0.15, 0.2) is 48.5 Å². The molecule has 2 N–H and O–H groups in total. The molecule has 2 aromatic rings. The summed E-state index contributed by atoms with van der Waals surface area (Å²) < 4.78 is 5.34. The highest BCUT2D eigenvalue weighted by molar-refractivity contribution is 6.30. The standard InChI is InChI=1S/C23H30ClN3O3/c1-4-27(5-2)21(18-7-6-8-20(15-18)30-3)16-26-22(28)13-14-25-23(29)17-9-11-19(24)12-10-17/h6-12,15,21H,4-5,13-14,16H2,1-3H3,(H,25,29)(H,26,28). The van der Waals surface area contributed by atoms with Crippen LogP contribution in [0.2, 0.25) is 5.02 Å². The van der Waals surface area contributed by atoms with E-state index in [4.69, 9.17) is 16.3 Å². The number of hydrogen-bond donors (Lipinski definition) is 2. The van der Waals surface area contributed by atoms with Crippen molar-refractivity contribution in [3.05, 3.63) is 64.7 Å². The van der Waals surface area contributed by atoms with Gasteiger partial charge in [0.15, 0.2) is 0 Å². The van der Waals surface area contributed by atoms with Gasteiger partial charge in [-0.15, -0.1) is 0 Å². The molecule has 0 spiro atoms. The van der Waals surface area contributed by atoms with Gasteiger partial charge >= 0.3 is 0 Å². The van der Waals surface area contributed by atoms with Gasteiger partial charge < -0.3 is 15.4 Å². The first-order chi connectivity index (χ1) is 14.5. The Kier molecular flexibility index (Phi) is 9.64. The Bertz CT molecular complexity index is 823. The molecule has 30 heavy (non-hydrogen) atoms. The number of amides is 2. The normalized spacial score (nSPS) is 11.8. The lowest BCUT2D eigenvalue weighted by molar-refractivity contribution is -0.121. The van der Waals surface area contributed by atoms with Gasteiger partial charge in [-0.2, -0.15) is 0 Å². The summed E-state index contributed by atoms with van der Waals surface area (Å²) in [5.41, 5.74) is 1.61. The summed E-state index contributed by atoms with van der Waals surface area (Å²) >= 11 is 5.83. The number of ether oxygens (including phenoxy) is 1. The van der Waals surface area contributed by atoms with Crippen LogP contribution < -0.4 is 15.4 Å². The fraction of sp³-hybridized carbons (Fsp3) is 0.391. The van der Waals surface area contributed by atoms with Crippen LogP contribution >= 0.6 is 11.6 Å². The highest BCUT2D eigenvalue weighted by Gasteiger charge is 2.19. The van der Waals surface area contributed by atoms with E-state index in [2.05, 4.69) is 29.4 Å². The first-order valence-electron chi connectivity index (χ1n) is 10.2. The summed E-state index contributed by atoms with van der Waals surface area (Å²) in [6.45, 7) is 6.69. The predicted octanol–water partition coefficient (Wildman–Crippen LogP) is 3.67. The van der Waals surface area contributed by atoms with E-state index in [-0.39, 0.29) is 30.8 Å². The summed E-state index contributed by atoms with van der Waals surface area (Å²) in [6.07, 6.45) is 0.211. The molecule has 2 rings (SSSR count). The molecule has 1 atom stereocenters. The number of carbonyl (C=O) groups excluding carboxylic acids is 2. The molecule has 0 aliphatic heterocycles. The zero-order valence-electron chi connectivity index (χ0n) is 17.8. The van der Waals surface area contributed by atoms with Gasteiger partial charge in [0.05, 0.1) is 13.2 Å². The topological polar surface area (TPSA) is 70.7 Å². The first-order valence-corrected chi connectivity index (χ1v) is 10.5. The lowest BCUT2D eigenvalue weighted by atomic mass is 10.0. The number of nitrogens with zero attached hydrogens (tertiary/aromatic N) is 1. The van der Waals surface area contributed by atoms with Crippen LogP contribution in [0.5, 0.6) is 5.75 Å². The van der Waals surface area contributed by atoms with E-state index >= 15 is 0 Å². The third-order valence-electron chi connectivity index (χ3n) is 4.97. The monoisotopic (exact) mass is 431 g/mol. The number of rotatable bonds is 11. The molecule has 162 valence electrons.